The lowest BCUT2D eigenvalue weighted by Crippen LogP contribution is -2.49. The first-order chi connectivity index (χ1) is 12.4. The van der Waals surface area contributed by atoms with Gasteiger partial charge in [-0.25, -0.2) is 13.1 Å². The van der Waals surface area contributed by atoms with Crippen LogP contribution in [-0.4, -0.2) is 52.6 Å². The van der Waals surface area contributed by atoms with E-state index in [0.717, 1.165) is 24.2 Å². The number of para-hydroxylation sites is 1. The van der Waals surface area contributed by atoms with E-state index in [1.165, 1.54) is 6.26 Å². The van der Waals surface area contributed by atoms with Crippen LogP contribution < -0.4 is 0 Å². The molecular formula is C19H23N3O3S. The van der Waals surface area contributed by atoms with Crippen molar-refractivity contribution in [2.24, 2.45) is 0 Å². The van der Waals surface area contributed by atoms with Crippen molar-refractivity contribution in [1.29, 1.82) is 0 Å². The number of fused-ring (bicyclic) bond motifs is 2. The van der Waals surface area contributed by atoms with Crippen molar-refractivity contribution in [3.63, 3.8) is 0 Å². The van der Waals surface area contributed by atoms with Crippen LogP contribution in [0, 0.1) is 6.92 Å². The fraction of sp³-hybridized carbons (Fsp3) is 0.474. The molecule has 2 fully saturated rings. The number of carbonyl (C=O) groups is 1. The maximum atomic E-state index is 13.2. The Morgan fingerprint density at radius 3 is 2.31 bits per heavy atom. The summed E-state index contributed by atoms with van der Waals surface area (Å²) in [4.78, 5) is 15.1. The topological polar surface area (TPSA) is 72.3 Å². The highest BCUT2D eigenvalue weighted by Gasteiger charge is 2.46. The molecule has 2 atom stereocenters. The molecule has 2 aliphatic rings. The van der Waals surface area contributed by atoms with E-state index in [0.29, 0.717) is 18.4 Å². The molecular weight excluding hydrogens is 350 g/mol. The van der Waals surface area contributed by atoms with E-state index in [4.69, 9.17) is 0 Å². The van der Waals surface area contributed by atoms with Crippen molar-refractivity contribution in [1.82, 2.24) is 14.7 Å². The van der Waals surface area contributed by atoms with Crippen LogP contribution in [0.1, 0.15) is 41.7 Å². The summed E-state index contributed by atoms with van der Waals surface area (Å²) >= 11 is 0. The number of sulfone groups is 1. The molecule has 2 saturated heterocycles. The van der Waals surface area contributed by atoms with Gasteiger partial charge in [0.1, 0.15) is 9.84 Å². The summed E-state index contributed by atoms with van der Waals surface area (Å²) in [5, 5.41) is 4.08. The van der Waals surface area contributed by atoms with Crippen LogP contribution in [-0.2, 0) is 9.84 Å². The third-order valence-electron chi connectivity index (χ3n) is 5.77. The lowest BCUT2D eigenvalue weighted by Gasteiger charge is -2.38. The van der Waals surface area contributed by atoms with Crippen molar-refractivity contribution in [2.75, 3.05) is 6.26 Å². The van der Waals surface area contributed by atoms with E-state index in [1.807, 2.05) is 42.2 Å². The van der Waals surface area contributed by atoms with Crippen molar-refractivity contribution in [3.05, 3.63) is 47.8 Å². The minimum atomic E-state index is -3.06. The minimum Gasteiger partial charge on any atom is -0.332 e. The number of nitrogens with zero attached hydrogens (tertiary/aromatic N) is 3. The third-order valence-corrected chi connectivity index (χ3v) is 7.37. The molecule has 2 unspecified atom stereocenters. The quantitative estimate of drug-likeness (QED) is 0.828. The summed E-state index contributed by atoms with van der Waals surface area (Å²) in [5.41, 5.74) is 2.33. The molecule has 0 spiro atoms. The molecule has 2 aliphatic heterocycles. The van der Waals surface area contributed by atoms with Crippen molar-refractivity contribution < 1.29 is 13.2 Å². The zero-order valence-corrected chi connectivity index (χ0v) is 15.8. The molecule has 0 aliphatic carbocycles. The van der Waals surface area contributed by atoms with Gasteiger partial charge in [-0.3, -0.25) is 4.79 Å². The van der Waals surface area contributed by atoms with Crippen molar-refractivity contribution in [3.8, 4) is 5.69 Å². The molecule has 138 valence electrons. The van der Waals surface area contributed by atoms with Crippen LogP contribution in [0.15, 0.2) is 36.5 Å². The van der Waals surface area contributed by atoms with E-state index in [-0.39, 0.29) is 23.2 Å². The summed E-state index contributed by atoms with van der Waals surface area (Å²) in [6.45, 7) is 1.90. The lowest BCUT2D eigenvalue weighted by molar-refractivity contribution is 0.0597. The Balaban J connectivity index is 1.61. The zero-order chi connectivity index (χ0) is 18.5. The van der Waals surface area contributed by atoms with Crippen LogP contribution >= 0.6 is 0 Å². The van der Waals surface area contributed by atoms with E-state index in [1.54, 1.807) is 10.9 Å². The average molecular weight is 373 g/mol. The highest BCUT2D eigenvalue weighted by molar-refractivity contribution is 7.91. The highest BCUT2D eigenvalue weighted by Crippen LogP contribution is 2.39. The normalized spacial score (nSPS) is 25.5. The van der Waals surface area contributed by atoms with Gasteiger partial charge in [-0.15, -0.1) is 0 Å². The lowest BCUT2D eigenvalue weighted by atomic mass is 10.0. The van der Waals surface area contributed by atoms with Gasteiger partial charge in [-0.1, -0.05) is 18.2 Å². The van der Waals surface area contributed by atoms with Gasteiger partial charge in [0.15, 0.2) is 0 Å². The van der Waals surface area contributed by atoms with Gasteiger partial charge in [-0.2, -0.15) is 5.10 Å². The maximum Gasteiger partial charge on any atom is 0.257 e. The molecule has 2 bridgehead atoms. The largest absolute Gasteiger partial charge is 0.332 e. The van der Waals surface area contributed by atoms with E-state index in [2.05, 4.69) is 5.10 Å². The zero-order valence-electron chi connectivity index (χ0n) is 15.0. The Morgan fingerprint density at radius 2 is 1.73 bits per heavy atom. The Labute approximate surface area is 153 Å². The Bertz CT molecular complexity index is 922. The van der Waals surface area contributed by atoms with Crippen LogP contribution in [0.25, 0.3) is 5.69 Å². The molecule has 7 heteroatoms. The van der Waals surface area contributed by atoms with E-state index < -0.39 is 9.84 Å². The van der Waals surface area contributed by atoms with Crippen LogP contribution in [0.3, 0.4) is 0 Å². The fourth-order valence-electron chi connectivity index (χ4n) is 4.40. The predicted octanol–water partition coefficient (Wildman–Crippen LogP) is 2.36. The van der Waals surface area contributed by atoms with Crippen LogP contribution in [0.2, 0.25) is 0 Å². The summed E-state index contributed by atoms with van der Waals surface area (Å²) in [6.07, 6.45) is 5.80. The molecule has 1 aromatic carbocycles. The molecule has 0 N–H and O–H groups in total. The predicted molar refractivity (Wildman–Crippen MR) is 99.1 cm³/mol. The first-order valence-corrected chi connectivity index (χ1v) is 10.9. The van der Waals surface area contributed by atoms with Crippen LogP contribution in [0.5, 0.6) is 0 Å². The number of benzene rings is 1. The maximum absolute atomic E-state index is 13.2. The van der Waals surface area contributed by atoms with Crippen molar-refractivity contribution >= 4 is 15.7 Å². The van der Waals surface area contributed by atoms with E-state index in [9.17, 15) is 13.2 Å². The second-order valence-corrected chi connectivity index (χ2v) is 9.74. The molecule has 0 radical (unpaired) electrons. The smallest absolute Gasteiger partial charge is 0.257 e. The molecule has 6 nitrogen and oxygen atoms in total. The van der Waals surface area contributed by atoms with E-state index >= 15 is 0 Å². The minimum absolute atomic E-state index is 0.0143. The van der Waals surface area contributed by atoms with Gasteiger partial charge >= 0.3 is 0 Å². The molecule has 3 heterocycles. The number of hydrogen-bond acceptors (Lipinski definition) is 4. The fourth-order valence-corrected chi connectivity index (χ4v) is 5.54. The first kappa shape index (κ1) is 17.3. The number of carbonyl (C=O) groups excluding carboxylic acids is 1. The molecule has 26 heavy (non-hydrogen) atoms. The monoisotopic (exact) mass is 373 g/mol. The average Bonchev–Trinajstić information content (AvgIpc) is 3.11. The third kappa shape index (κ3) is 2.84. The van der Waals surface area contributed by atoms with Gasteiger partial charge in [0, 0.05) is 18.3 Å². The second kappa shape index (κ2) is 6.23. The first-order valence-electron chi connectivity index (χ1n) is 8.98. The Morgan fingerprint density at radius 1 is 1.12 bits per heavy atom. The molecule has 1 amide bonds. The number of aromatic nitrogens is 2. The number of rotatable bonds is 3. The van der Waals surface area contributed by atoms with Gasteiger partial charge in [0.25, 0.3) is 5.91 Å². The molecule has 4 rings (SSSR count). The molecule has 0 saturated carbocycles. The van der Waals surface area contributed by atoms with Gasteiger partial charge < -0.3 is 4.90 Å². The molecule has 1 aromatic heterocycles. The van der Waals surface area contributed by atoms with Gasteiger partial charge in [0.05, 0.1) is 28.4 Å². The second-order valence-electron chi connectivity index (χ2n) is 7.41. The van der Waals surface area contributed by atoms with Gasteiger partial charge in [0.2, 0.25) is 0 Å². The van der Waals surface area contributed by atoms with Crippen molar-refractivity contribution in [2.45, 2.75) is 49.9 Å². The molecule has 2 aromatic rings. The highest BCUT2D eigenvalue weighted by atomic mass is 32.2. The summed E-state index contributed by atoms with van der Waals surface area (Å²) in [5.74, 6) is -0.0240. The summed E-state index contributed by atoms with van der Waals surface area (Å²) in [7, 11) is -3.06. The SMILES string of the molecule is Cc1c(C(=O)N2C3CCC2CC(S(C)(=O)=O)C3)cnn1-c1ccccc1. The Kier molecular flexibility index (Phi) is 4.14. The summed E-state index contributed by atoms with van der Waals surface area (Å²) < 4.78 is 25.7. The standard InChI is InChI=1S/C19H23N3O3S/c1-13-18(12-20-22(13)14-6-4-3-5-7-14)19(23)21-15-8-9-16(21)11-17(10-15)26(2,24)25/h3-7,12,15-17H,8-11H2,1-2H3. The van der Waals surface area contributed by atoms with Gasteiger partial charge in [-0.05, 0) is 44.7 Å². The number of piperidine rings is 1. The Hall–Kier alpha value is -2.15. The number of amides is 1. The number of hydrogen-bond donors (Lipinski definition) is 0. The summed E-state index contributed by atoms with van der Waals surface area (Å²) in [6, 6.07) is 9.76. The van der Waals surface area contributed by atoms with Crippen LogP contribution in [0.4, 0.5) is 0 Å².